The van der Waals surface area contributed by atoms with Gasteiger partial charge in [-0.3, -0.25) is 4.72 Å². The minimum absolute atomic E-state index is 0.102. The Bertz CT molecular complexity index is 517. The first-order chi connectivity index (χ1) is 9.39. The summed E-state index contributed by atoms with van der Waals surface area (Å²) in [5.74, 6) is 0.667. The van der Waals surface area contributed by atoms with E-state index in [4.69, 9.17) is 4.74 Å². The maximum atomic E-state index is 12.1. The molecule has 0 spiro atoms. The van der Waals surface area contributed by atoms with Crippen LogP contribution in [0.5, 0.6) is 5.75 Å². The summed E-state index contributed by atoms with van der Waals surface area (Å²) < 4.78 is 32.4. The molecule has 1 rings (SSSR count). The summed E-state index contributed by atoms with van der Waals surface area (Å²) in [4.78, 5) is 0. The standard InChI is InChI=1S/C14H24N2O3S/c1-5-11(2)19-14-8-6-7-13(9-14)16-20(17,18)12(3)10-15-4/h6-9,11-12,15-16H,5,10H2,1-4H3. The van der Waals surface area contributed by atoms with Crippen LogP contribution in [-0.4, -0.2) is 33.4 Å². The summed E-state index contributed by atoms with van der Waals surface area (Å²) in [7, 11) is -1.67. The van der Waals surface area contributed by atoms with Crippen molar-refractivity contribution < 1.29 is 13.2 Å². The van der Waals surface area contributed by atoms with Crippen molar-refractivity contribution >= 4 is 15.7 Å². The van der Waals surface area contributed by atoms with E-state index in [1.54, 1.807) is 32.2 Å². The Morgan fingerprint density at radius 2 is 2.00 bits per heavy atom. The number of hydrogen-bond donors (Lipinski definition) is 2. The molecule has 0 saturated carbocycles. The van der Waals surface area contributed by atoms with Gasteiger partial charge in [-0.1, -0.05) is 13.0 Å². The summed E-state index contributed by atoms with van der Waals surface area (Å²) in [6, 6.07) is 7.02. The molecule has 0 aliphatic rings. The van der Waals surface area contributed by atoms with Crippen LogP contribution in [0, 0.1) is 0 Å². The smallest absolute Gasteiger partial charge is 0.236 e. The first kappa shape index (κ1) is 16.8. The Balaban J connectivity index is 2.80. The van der Waals surface area contributed by atoms with Gasteiger partial charge >= 0.3 is 0 Å². The molecular formula is C14H24N2O3S. The molecule has 1 aromatic carbocycles. The van der Waals surface area contributed by atoms with E-state index in [9.17, 15) is 8.42 Å². The molecule has 0 fully saturated rings. The zero-order chi connectivity index (χ0) is 15.2. The maximum absolute atomic E-state index is 12.1. The zero-order valence-electron chi connectivity index (χ0n) is 12.5. The second-order valence-corrected chi connectivity index (χ2v) is 6.98. The van der Waals surface area contributed by atoms with Crippen molar-refractivity contribution in [3.05, 3.63) is 24.3 Å². The second-order valence-electron chi connectivity index (χ2n) is 4.88. The van der Waals surface area contributed by atoms with Crippen LogP contribution < -0.4 is 14.8 Å². The zero-order valence-corrected chi connectivity index (χ0v) is 13.3. The van der Waals surface area contributed by atoms with E-state index in [2.05, 4.69) is 10.0 Å². The van der Waals surface area contributed by atoms with Gasteiger partial charge in [0, 0.05) is 12.6 Å². The van der Waals surface area contributed by atoms with Crippen LogP contribution in [0.25, 0.3) is 0 Å². The Hall–Kier alpha value is -1.27. The van der Waals surface area contributed by atoms with Gasteiger partial charge in [0.05, 0.1) is 17.0 Å². The molecule has 0 aromatic heterocycles. The normalized spacial score (nSPS) is 14.6. The molecule has 0 amide bonds. The Morgan fingerprint density at radius 3 is 2.60 bits per heavy atom. The number of hydrogen-bond acceptors (Lipinski definition) is 4. The van der Waals surface area contributed by atoms with Gasteiger partial charge in [-0.15, -0.1) is 0 Å². The van der Waals surface area contributed by atoms with Crippen LogP contribution in [-0.2, 0) is 10.0 Å². The minimum Gasteiger partial charge on any atom is -0.491 e. The summed E-state index contributed by atoms with van der Waals surface area (Å²) in [6.45, 7) is 6.08. The molecule has 20 heavy (non-hydrogen) atoms. The third-order valence-electron chi connectivity index (χ3n) is 3.03. The SMILES string of the molecule is CCC(C)Oc1cccc(NS(=O)(=O)C(C)CNC)c1. The lowest BCUT2D eigenvalue weighted by Gasteiger charge is -2.16. The van der Waals surface area contributed by atoms with E-state index in [1.165, 1.54) is 0 Å². The topological polar surface area (TPSA) is 67.4 Å². The molecule has 5 nitrogen and oxygen atoms in total. The molecule has 114 valence electrons. The first-order valence-corrected chi connectivity index (χ1v) is 8.36. The molecule has 0 heterocycles. The van der Waals surface area contributed by atoms with Crippen molar-refractivity contribution in [1.82, 2.24) is 5.32 Å². The predicted molar refractivity (Wildman–Crippen MR) is 82.8 cm³/mol. The van der Waals surface area contributed by atoms with Gasteiger partial charge < -0.3 is 10.1 Å². The van der Waals surface area contributed by atoms with E-state index in [0.717, 1.165) is 6.42 Å². The van der Waals surface area contributed by atoms with E-state index in [1.807, 2.05) is 19.9 Å². The molecule has 2 unspecified atom stereocenters. The number of sulfonamides is 1. The van der Waals surface area contributed by atoms with Crippen LogP contribution in [0.1, 0.15) is 27.2 Å². The third-order valence-corrected chi connectivity index (χ3v) is 4.77. The molecule has 0 radical (unpaired) electrons. The van der Waals surface area contributed by atoms with Crippen LogP contribution in [0.2, 0.25) is 0 Å². The van der Waals surface area contributed by atoms with Gasteiger partial charge in [0.25, 0.3) is 0 Å². The summed E-state index contributed by atoms with van der Waals surface area (Å²) >= 11 is 0. The Morgan fingerprint density at radius 1 is 1.30 bits per heavy atom. The largest absolute Gasteiger partial charge is 0.491 e. The fourth-order valence-corrected chi connectivity index (χ4v) is 2.65. The fourth-order valence-electron chi connectivity index (χ4n) is 1.61. The number of rotatable bonds is 8. The molecular weight excluding hydrogens is 276 g/mol. The average molecular weight is 300 g/mol. The molecule has 0 aliphatic heterocycles. The number of nitrogens with one attached hydrogen (secondary N) is 2. The summed E-state index contributed by atoms with van der Waals surface area (Å²) in [5.41, 5.74) is 0.522. The van der Waals surface area contributed by atoms with Gasteiger partial charge in [-0.05, 0) is 39.4 Å². The van der Waals surface area contributed by atoms with Gasteiger partial charge in [0.15, 0.2) is 0 Å². The van der Waals surface area contributed by atoms with Crippen molar-refractivity contribution in [2.45, 2.75) is 38.5 Å². The molecule has 0 bridgehead atoms. The summed E-state index contributed by atoms with van der Waals surface area (Å²) in [5, 5.41) is 2.35. The quantitative estimate of drug-likeness (QED) is 0.772. The highest BCUT2D eigenvalue weighted by Crippen LogP contribution is 2.20. The van der Waals surface area contributed by atoms with Gasteiger partial charge in [-0.25, -0.2) is 8.42 Å². The van der Waals surface area contributed by atoms with E-state index in [-0.39, 0.29) is 6.10 Å². The van der Waals surface area contributed by atoms with Crippen LogP contribution >= 0.6 is 0 Å². The molecule has 2 N–H and O–H groups in total. The molecule has 0 aliphatic carbocycles. The lowest BCUT2D eigenvalue weighted by atomic mass is 10.3. The van der Waals surface area contributed by atoms with Crippen molar-refractivity contribution in [3.8, 4) is 5.75 Å². The van der Waals surface area contributed by atoms with Gasteiger partial charge in [-0.2, -0.15) is 0 Å². The van der Waals surface area contributed by atoms with Crippen LogP contribution in [0.15, 0.2) is 24.3 Å². The fraction of sp³-hybridized carbons (Fsp3) is 0.571. The highest BCUT2D eigenvalue weighted by atomic mass is 32.2. The average Bonchev–Trinajstić information content (AvgIpc) is 2.38. The monoisotopic (exact) mass is 300 g/mol. The number of ether oxygens (including phenoxy) is 1. The predicted octanol–water partition coefficient (Wildman–Crippen LogP) is 2.21. The van der Waals surface area contributed by atoms with Crippen LogP contribution in [0.4, 0.5) is 5.69 Å². The van der Waals surface area contributed by atoms with Gasteiger partial charge in [0.1, 0.15) is 5.75 Å². The van der Waals surface area contributed by atoms with Crippen molar-refractivity contribution in [2.75, 3.05) is 18.3 Å². The van der Waals surface area contributed by atoms with E-state index >= 15 is 0 Å². The number of anilines is 1. The van der Waals surface area contributed by atoms with Gasteiger partial charge in [0.2, 0.25) is 10.0 Å². The maximum Gasteiger partial charge on any atom is 0.236 e. The summed E-state index contributed by atoms with van der Waals surface area (Å²) in [6.07, 6.45) is 1.000. The van der Waals surface area contributed by atoms with E-state index < -0.39 is 15.3 Å². The van der Waals surface area contributed by atoms with Crippen LogP contribution in [0.3, 0.4) is 0 Å². The first-order valence-electron chi connectivity index (χ1n) is 6.82. The highest BCUT2D eigenvalue weighted by molar-refractivity contribution is 7.93. The van der Waals surface area contributed by atoms with Crippen molar-refractivity contribution in [2.24, 2.45) is 0 Å². The Labute approximate surface area is 121 Å². The minimum atomic E-state index is -3.39. The molecule has 6 heteroatoms. The molecule has 1 aromatic rings. The second kappa shape index (κ2) is 7.50. The lowest BCUT2D eigenvalue weighted by Crippen LogP contribution is -2.33. The van der Waals surface area contributed by atoms with E-state index in [0.29, 0.717) is 18.0 Å². The lowest BCUT2D eigenvalue weighted by molar-refractivity contribution is 0.217. The van der Waals surface area contributed by atoms with Crippen molar-refractivity contribution in [1.29, 1.82) is 0 Å². The number of benzene rings is 1. The third kappa shape index (κ3) is 5.02. The Kier molecular flexibility index (Phi) is 6.29. The van der Waals surface area contributed by atoms with Crippen molar-refractivity contribution in [3.63, 3.8) is 0 Å². The molecule has 2 atom stereocenters. The molecule has 0 saturated heterocycles. The highest BCUT2D eigenvalue weighted by Gasteiger charge is 2.19.